The molecule has 1 N–H and O–H groups in total. The third-order valence-electron chi connectivity index (χ3n) is 3.47. The van der Waals surface area contributed by atoms with Crippen LogP contribution in [-0.4, -0.2) is 12.5 Å². The van der Waals surface area contributed by atoms with Gasteiger partial charge in [0.2, 0.25) is 0 Å². The molecule has 0 saturated heterocycles. The molecule has 5 heteroatoms. The Kier molecular flexibility index (Phi) is 6.79. The van der Waals surface area contributed by atoms with Gasteiger partial charge in [0.25, 0.3) is 5.91 Å². The zero-order valence-corrected chi connectivity index (χ0v) is 15.8. The van der Waals surface area contributed by atoms with Gasteiger partial charge in [0.05, 0.1) is 6.61 Å². The number of rotatable bonds is 6. The summed E-state index contributed by atoms with van der Waals surface area (Å²) in [6, 6.07) is 14.8. The number of halogens is 1. The van der Waals surface area contributed by atoms with Crippen LogP contribution in [0.2, 0.25) is 0 Å². The second-order valence-electron chi connectivity index (χ2n) is 5.50. The zero-order valence-electron chi connectivity index (χ0n) is 14.2. The Labute approximate surface area is 156 Å². The van der Waals surface area contributed by atoms with Gasteiger partial charge in [0.15, 0.2) is 0 Å². The lowest BCUT2D eigenvalue weighted by Gasteiger charge is -2.08. The number of benzene rings is 2. The van der Waals surface area contributed by atoms with Crippen LogP contribution < -0.4 is 10.1 Å². The van der Waals surface area contributed by atoms with E-state index in [4.69, 9.17) is 4.74 Å². The van der Waals surface area contributed by atoms with Crippen molar-refractivity contribution in [2.45, 2.75) is 20.3 Å². The van der Waals surface area contributed by atoms with Crippen molar-refractivity contribution in [2.75, 3.05) is 11.9 Å². The Morgan fingerprint density at radius 2 is 2.00 bits per heavy atom. The molecule has 0 unspecified atom stereocenters. The summed E-state index contributed by atoms with van der Waals surface area (Å²) in [7, 11) is 0. The topological polar surface area (TPSA) is 62.1 Å². The minimum atomic E-state index is -0.431. The molecule has 2 rings (SSSR count). The highest BCUT2D eigenvalue weighted by Gasteiger charge is 2.11. The largest absolute Gasteiger partial charge is 0.494 e. The predicted octanol–water partition coefficient (Wildman–Crippen LogP) is 5.09. The van der Waals surface area contributed by atoms with E-state index in [1.165, 1.54) is 0 Å². The molecule has 0 saturated carbocycles. The van der Waals surface area contributed by atoms with Crippen LogP contribution in [0.15, 0.2) is 52.5 Å². The van der Waals surface area contributed by atoms with Crippen LogP contribution in [0.3, 0.4) is 0 Å². The smallest absolute Gasteiger partial charge is 0.266 e. The number of hydrogen-bond acceptors (Lipinski definition) is 3. The highest BCUT2D eigenvalue weighted by molar-refractivity contribution is 9.10. The lowest BCUT2D eigenvalue weighted by atomic mass is 10.1. The normalized spacial score (nSPS) is 10.9. The average molecular weight is 399 g/mol. The van der Waals surface area contributed by atoms with Gasteiger partial charge in [0.1, 0.15) is 17.4 Å². The first-order chi connectivity index (χ1) is 12.0. The van der Waals surface area contributed by atoms with Crippen molar-refractivity contribution in [3.05, 3.63) is 63.6 Å². The molecule has 2 aromatic rings. The number of ether oxygens (including phenoxy) is 1. The minimum absolute atomic E-state index is 0.0459. The van der Waals surface area contributed by atoms with E-state index in [0.29, 0.717) is 12.3 Å². The molecule has 0 radical (unpaired) electrons. The van der Waals surface area contributed by atoms with Gasteiger partial charge in [-0.05, 0) is 60.9 Å². The zero-order chi connectivity index (χ0) is 18.2. The van der Waals surface area contributed by atoms with E-state index in [-0.39, 0.29) is 5.57 Å². The summed E-state index contributed by atoms with van der Waals surface area (Å²) in [4.78, 5) is 12.4. The summed E-state index contributed by atoms with van der Waals surface area (Å²) in [5.74, 6) is 0.340. The summed E-state index contributed by atoms with van der Waals surface area (Å²) < 4.78 is 6.46. The molecule has 0 aliphatic rings. The molecule has 0 fully saturated rings. The Balaban J connectivity index is 2.13. The lowest BCUT2D eigenvalue weighted by molar-refractivity contribution is -0.112. The molecule has 0 heterocycles. The maximum absolute atomic E-state index is 12.4. The van der Waals surface area contributed by atoms with E-state index in [9.17, 15) is 10.1 Å². The molecule has 0 atom stereocenters. The van der Waals surface area contributed by atoms with Gasteiger partial charge in [-0.15, -0.1) is 0 Å². The van der Waals surface area contributed by atoms with Crippen LogP contribution in [0, 0.1) is 18.3 Å². The average Bonchev–Trinajstić information content (AvgIpc) is 2.61. The molecule has 0 aliphatic carbocycles. The van der Waals surface area contributed by atoms with Crippen molar-refractivity contribution in [3.63, 3.8) is 0 Å². The second-order valence-corrected chi connectivity index (χ2v) is 6.42. The number of carbonyl (C=O) groups excluding carboxylic acids is 1. The van der Waals surface area contributed by atoms with Crippen molar-refractivity contribution in [1.29, 1.82) is 5.26 Å². The standard InChI is InChI=1S/C20H19BrN2O2/c1-3-10-25-18-7-4-15(5-8-18)12-16(13-22)20(24)23-19-9-6-17(21)11-14(19)2/h4-9,11-12H,3,10H2,1-2H3,(H,23,24)/b16-12+. The van der Waals surface area contributed by atoms with E-state index in [2.05, 4.69) is 21.2 Å². The summed E-state index contributed by atoms with van der Waals surface area (Å²) >= 11 is 3.38. The number of hydrogen-bond donors (Lipinski definition) is 1. The monoisotopic (exact) mass is 398 g/mol. The third kappa shape index (κ3) is 5.47. The van der Waals surface area contributed by atoms with Crippen molar-refractivity contribution in [2.24, 2.45) is 0 Å². The molecule has 0 spiro atoms. The van der Waals surface area contributed by atoms with Gasteiger partial charge in [-0.3, -0.25) is 4.79 Å². The molecule has 0 bridgehead atoms. The molecule has 25 heavy (non-hydrogen) atoms. The first-order valence-electron chi connectivity index (χ1n) is 7.95. The van der Waals surface area contributed by atoms with Crippen molar-refractivity contribution < 1.29 is 9.53 Å². The van der Waals surface area contributed by atoms with Gasteiger partial charge >= 0.3 is 0 Å². The first-order valence-corrected chi connectivity index (χ1v) is 8.75. The molecule has 128 valence electrons. The van der Waals surface area contributed by atoms with Crippen LogP contribution in [0.5, 0.6) is 5.75 Å². The van der Waals surface area contributed by atoms with E-state index in [1.807, 2.05) is 56.3 Å². The summed E-state index contributed by atoms with van der Waals surface area (Å²) in [5.41, 5.74) is 2.41. The number of amides is 1. The summed E-state index contributed by atoms with van der Waals surface area (Å²) in [6.45, 7) is 4.60. The fraction of sp³-hybridized carbons (Fsp3) is 0.200. The van der Waals surface area contributed by atoms with Crippen molar-refractivity contribution >= 4 is 33.6 Å². The summed E-state index contributed by atoms with van der Waals surface area (Å²) in [6.07, 6.45) is 2.50. The van der Waals surface area contributed by atoms with Gasteiger partial charge in [-0.2, -0.15) is 5.26 Å². The minimum Gasteiger partial charge on any atom is -0.494 e. The van der Waals surface area contributed by atoms with Crippen molar-refractivity contribution in [1.82, 2.24) is 0 Å². The highest BCUT2D eigenvalue weighted by Crippen LogP contribution is 2.21. The number of anilines is 1. The maximum atomic E-state index is 12.4. The Hall–Kier alpha value is -2.58. The second kappa shape index (κ2) is 9.05. The van der Waals surface area contributed by atoms with Crippen LogP contribution in [0.1, 0.15) is 24.5 Å². The number of carbonyl (C=O) groups is 1. The van der Waals surface area contributed by atoms with E-state index < -0.39 is 5.91 Å². The molecule has 2 aromatic carbocycles. The Morgan fingerprint density at radius 1 is 1.28 bits per heavy atom. The predicted molar refractivity (Wildman–Crippen MR) is 103 cm³/mol. The third-order valence-corrected chi connectivity index (χ3v) is 3.96. The Bertz CT molecular complexity index is 821. The molecule has 0 aliphatic heterocycles. The molecular weight excluding hydrogens is 380 g/mol. The van der Waals surface area contributed by atoms with Gasteiger partial charge < -0.3 is 10.1 Å². The molecule has 0 aromatic heterocycles. The van der Waals surface area contributed by atoms with Crippen molar-refractivity contribution in [3.8, 4) is 11.8 Å². The van der Waals surface area contributed by atoms with Crippen LogP contribution >= 0.6 is 15.9 Å². The molecule has 4 nitrogen and oxygen atoms in total. The van der Waals surface area contributed by atoms with E-state index in [1.54, 1.807) is 12.1 Å². The SMILES string of the molecule is CCCOc1ccc(/C=C(\C#N)C(=O)Nc2ccc(Br)cc2C)cc1. The fourth-order valence-corrected chi connectivity index (χ4v) is 2.63. The quantitative estimate of drug-likeness (QED) is 0.544. The maximum Gasteiger partial charge on any atom is 0.266 e. The van der Waals surface area contributed by atoms with Gasteiger partial charge in [-0.1, -0.05) is 35.0 Å². The lowest BCUT2D eigenvalue weighted by Crippen LogP contribution is -2.14. The molecule has 1 amide bonds. The first kappa shape index (κ1) is 18.8. The fourth-order valence-electron chi connectivity index (χ4n) is 2.15. The van der Waals surface area contributed by atoms with Gasteiger partial charge in [-0.25, -0.2) is 0 Å². The number of nitrogens with one attached hydrogen (secondary N) is 1. The van der Waals surface area contributed by atoms with Gasteiger partial charge in [0, 0.05) is 10.2 Å². The van der Waals surface area contributed by atoms with E-state index in [0.717, 1.165) is 27.8 Å². The number of nitriles is 1. The van der Waals surface area contributed by atoms with E-state index >= 15 is 0 Å². The summed E-state index contributed by atoms with van der Waals surface area (Å²) in [5, 5.41) is 12.1. The van der Waals surface area contributed by atoms with Crippen LogP contribution in [0.25, 0.3) is 6.08 Å². The van der Waals surface area contributed by atoms with Crippen LogP contribution in [-0.2, 0) is 4.79 Å². The highest BCUT2D eigenvalue weighted by atomic mass is 79.9. The van der Waals surface area contributed by atoms with Crippen LogP contribution in [0.4, 0.5) is 5.69 Å². The molecular formula is C20H19BrN2O2. The Morgan fingerprint density at radius 3 is 2.60 bits per heavy atom. The number of nitrogens with zero attached hydrogens (tertiary/aromatic N) is 1. The number of aryl methyl sites for hydroxylation is 1.